The van der Waals surface area contributed by atoms with Gasteiger partial charge in [-0.15, -0.1) is 0 Å². The highest BCUT2D eigenvalue weighted by molar-refractivity contribution is 5.91. The molecule has 0 amide bonds. The first-order chi connectivity index (χ1) is 17.7. The van der Waals surface area contributed by atoms with E-state index in [-0.39, 0.29) is 18.8 Å². The number of carbonyl (C=O) groups is 3. The fourth-order valence-corrected chi connectivity index (χ4v) is 2.87. The van der Waals surface area contributed by atoms with Crippen molar-refractivity contribution in [2.45, 2.75) is 39.5 Å². The van der Waals surface area contributed by atoms with Gasteiger partial charge < -0.3 is 19.6 Å². The number of nitro benzene ring substituents is 1. The summed E-state index contributed by atoms with van der Waals surface area (Å²) in [6.07, 6.45) is 5.71. The van der Waals surface area contributed by atoms with E-state index in [2.05, 4.69) is 10.1 Å². The molecule has 11 heteroatoms. The molecule has 37 heavy (non-hydrogen) atoms. The highest BCUT2D eigenvalue weighted by Crippen LogP contribution is 2.29. The number of rotatable bonds is 9. The van der Waals surface area contributed by atoms with Crippen LogP contribution in [0.2, 0.25) is 0 Å². The van der Waals surface area contributed by atoms with Gasteiger partial charge in [0.05, 0.1) is 29.4 Å². The molecule has 2 aromatic carbocycles. The maximum absolute atomic E-state index is 14.0. The molecule has 0 aromatic heterocycles. The molecular weight excluding hydrogens is 490 g/mol. The van der Waals surface area contributed by atoms with E-state index >= 15 is 0 Å². The van der Waals surface area contributed by atoms with Gasteiger partial charge in [-0.05, 0) is 63.6 Å². The van der Waals surface area contributed by atoms with Crippen LogP contribution < -0.4 is 5.32 Å². The average Bonchev–Trinajstić information content (AvgIpc) is 3.79. The zero-order chi connectivity index (χ0) is 27.4. The van der Waals surface area contributed by atoms with Crippen LogP contribution in [0.15, 0.2) is 36.4 Å². The molecule has 2 aromatic rings. The molecule has 0 atom stereocenters. The van der Waals surface area contributed by atoms with Gasteiger partial charge in [-0.1, -0.05) is 12.1 Å². The molecule has 0 unspecified atom stereocenters. The Morgan fingerprint density at radius 1 is 0.973 bits per heavy atom. The van der Waals surface area contributed by atoms with Crippen molar-refractivity contribution < 1.29 is 37.6 Å². The lowest BCUT2D eigenvalue weighted by molar-refractivity contribution is -0.387. The maximum atomic E-state index is 14.0. The number of anilines is 1. The molecule has 2 aliphatic rings. The molecule has 0 heterocycles. The van der Waals surface area contributed by atoms with Gasteiger partial charge in [-0.2, -0.15) is 4.39 Å². The minimum Gasteiger partial charge on any atom is -0.462 e. The van der Waals surface area contributed by atoms with Gasteiger partial charge in [0.2, 0.25) is 5.82 Å². The minimum absolute atomic E-state index is 0.00681. The van der Waals surface area contributed by atoms with Crippen molar-refractivity contribution in [3.8, 4) is 0 Å². The largest absolute Gasteiger partial charge is 0.462 e. The van der Waals surface area contributed by atoms with Crippen molar-refractivity contribution in [2.24, 2.45) is 11.8 Å². The van der Waals surface area contributed by atoms with Crippen LogP contribution in [0.4, 0.5) is 20.2 Å². The Balaban J connectivity index is 0.000000220. The molecule has 9 nitrogen and oxygen atoms in total. The van der Waals surface area contributed by atoms with Crippen LogP contribution in [-0.4, -0.2) is 42.9 Å². The van der Waals surface area contributed by atoms with Gasteiger partial charge in [-0.25, -0.2) is 14.0 Å². The zero-order valence-electron chi connectivity index (χ0n) is 20.7. The van der Waals surface area contributed by atoms with Crippen LogP contribution in [0.3, 0.4) is 0 Å². The van der Waals surface area contributed by atoms with Crippen molar-refractivity contribution in [1.82, 2.24) is 0 Å². The van der Waals surface area contributed by atoms with Crippen LogP contribution in [0.1, 0.15) is 60.2 Å². The van der Waals surface area contributed by atoms with E-state index in [0.717, 1.165) is 37.8 Å². The van der Waals surface area contributed by atoms with Crippen LogP contribution >= 0.6 is 0 Å². The predicted molar refractivity (Wildman–Crippen MR) is 131 cm³/mol. The van der Waals surface area contributed by atoms with Crippen molar-refractivity contribution >= 4 is 29.6 Å². The van der Waals surface area contributed by atoms with Crippen LogP contribution in [0.25, 0.3) is 0 Å². The normalized spacial score (nSPS) is 13.6. The van der Waals surface area contributed by atoms with Crippen molar-refractivity contribution in [2.75, 3.05) is 25.1 Å². The number of hydrogen-bond donors (Lipinski definition) is 1. The molecule has 0 spiro atoms. The summed E-state index contributed by atoms with van der Waals surface area (Å²) in [6, 6.07) is 8.09. The molecule has 2 aliphatic carbocycles. The SMILES string of the molecule is CCOC(=O)c1cccc(NCC2CC2)c1F.CCOC(=O)c1cccc([N+](=O)[O-])c1F.O=CC1CC1. The molecule has 2 saturated carbocycles. The first-order valence-corrected chi connectivity index (χ1v) is 12.0. The molecule has 0 bridgehead atoms. The quantitative estimate of drug-likeness (QED) is 0.204. The topological polar surface area (TPSA) is 125 Å². The molecule has 0 radical (unpaired) electrons. The number of nitro groups is 1. The number of ether oxygens (including phenoxy) is 2. The lowest BCUT2D eigenvalue weighted by atomic mass is 10.2. The third-order valence-corrected chi connectivity index (χ3v) is 5.26. The zero-order valence-corrected chi connectivity index (χ0v) is 20.7. The Morgan fingerprint density at radius 2 is 1.51 bits per heavy atom. The van der Waals surface area contributed by atoms with Crippen LogP contribution in [-0.2, 0) is 14.3 Å². The maximum Gasteiger partial charge on any atom is 0.341 e. The first-order valence-electron chi connectivity index (χ1n) is 12.0. The van der Waals surface area contributed by atoms with Crippen LogP contribution in [0.5, 0.6) is 0 Å². The number of halogens is 2. The highest BCUT2D eigenvalue weighted by atomic mass is 19.1. The minimum atomic E-state index is -1.17. The molecule has 1 N–H and O–H groups in total. The molecule has 2 fully saturated rings. The molecular formula is C26H30F2N2O7. The fourth-order valence-electron chi connectivity index (χ4n) is 2.87. The van der Waals surface area contributed by atoms with Crippen molar-refractivity contribution in [3.05, 3.63) is 69.3 Å². The number of benzene rings is 2. The van der Waals surface area contributed by atoms with E-state index in [9.17, 15) is 33.3 Å². The number of aldehydes is 1. The van der Waals surface area contributed by atoms with Gasteiger partial charge in [0, 0.05) is 18.5 Å². The summed E-state index contributed by atoms with van der Waals surface area (Å²) in [4.78, 5) is 41.7. The second-order valence-corrected chi connectivity index (χ2v) is 8.30. The lowest BCUT2D eigenvalue weighted by Gasteiger charge is -2.09. The second-order valence-electron chi connectivity index (χ2n) is 8.30. The summed E-state index contributed by atoms with van der Waals surface area (Å²) in [5.41, 5.74) is -0.790. The smallest absolute Gasteiger partial charge is 0.341 e. The Bertz CT molecular complexity index is 1100. The molecule has 0 saturated heterocycles. The Hall–Kier alpha value is -3.89. The summed E-state index contributed by atoms with van der Waals surface area (Å²) >= 11 is 0. The summed E-state index contributed by atoms with van der Waals surface area (Å²) in [5, 5.41) is 13.4. The van der Waals surface area contributed by atoms with Gasteiger partial charge in [0.25, 0.3) is 0 Å². The monoisotopic (exact) mass is 520 g/mol. The van der Waals surface area contributed by atoms with Crippen molar-refractivity contribution in [1.29, 1.82) is 0 Å². The standard InChI is InChI=1S/C13H16FNO2.C9H8FNO4.C4H6O/c1-2-17-13(16)10-4-3-5-11(12(10)14)15-8-9-6-7-9;1-2-15-9(12)6-4-3-5-7(8(6)10)11(13)14;5-3-4-1-2-4/h3-5,9,15H,2,6-8H2,1H3;3-5H,2H2,1H3;3-4H,1-2H2. The number of hydrogen-bond acceptors (Lipinski definition) is 8. The summed E-state index contributed by atoms with van der Waals surface area (Å²) in [6.45, 7) is 4.36. The van der Waals surface area contributed by atoms with E-state index in [1.807, 2.05) is 0 Å². The Kier molecular flexibility index (Phi) is 11.6. The van der Waals surface area contributed by atoms with E-state index in [4.69, 9.17) is 4.74 Å². The van der Waals surface area contributed by atoms with Gasteiger partial charge in [-0.3, -0.25) is 10.1 Å². The average molecular weight is 521 g/mol. The lowest BCUT2D eigenvalue weighted by Crippen LogP contribution is -2.11. The van der Waals surface area contributed by atoms with E-state index in [1.54, 1.807) is 26.0 Å². The van der Waals surface area contributed by atoms with E-state index < -0.39 is 39.7 Å². The van der Waals surface area contributed by atoms with Gasteiger partial charge in [0.15, 0.2) is 5.82 Å². The molecule has 4 rings (SSSR count). The molecule has 200 valence electrons. The van der Waals surface area contributed by atoms with E-state index in [1.165, 1.54) is 25.0 Å². The summed E-state index contributed by atoms with van der Waals surface area (Å²) in [5.74, 6) is -2.10. The third-order valence-electron chi connectivity index (χ3n) is 5.26. The first kappa shape index (κ1) is 29.3. The fraction of sp³-hybridized carbons (Fsp3) is 0.423. The summed E-state index contributed by atoms with van der Waals surface area (Å²) in [7, 11) is 0. The van der Waals surface area contributed by atoms with E-state index in [0.29, 0.717) is 17.5 Å². The number of esters is 2. The third kappa shape index (κ3) is 9.59. The summed E-state index contributed by atoms with van der Waals surface area (Å²) < 4.78 is 36.6. The molecule has 0 aliphatic heterocycles. The number of nitrogens with zero attached hydrogens (tertiary/aromatic N) is 1. The second kappa shape index (κ2) is 14.6. The Morgan fingerprint density at radius 3 is 1.95 bits per heavy atom. The van der Waals surface area contributed by atoms with Crippen LogP contribution in [0, 0.1) is 33.6 Å². The van der Waals surface area contributed by atoms with Gasteiger partial charge >= 0.3 is 17.6 Å². The predicted octanol–water partition coefficient (Wildman–Crippen LogP) is 5.33. The highest BCUT2D eigenvalue weighted by Gasteiger charge is 2.23. The number of nitrogens with one attached hydrogen (secondary N) is 1. The Labute approximate surface area is 213 Å². The van der Waals surface area contributed by atoms with Gasteiger partial charge in [0.1, 0.15) is 11.8 Å². The van der Waals surface area contributed by atoms with Crippen molar-refractivity contribution in [3.63, 3.8) is 0 Å². The number of carbonyl (C=O) groups excluding carboxylic acids is 3.